The van der Waals surface area contributed by atoms with Gasteiger partial charge >= 0.3 is 0 Å². The van der Waals surface area contributed by atoms with Gasteiger partial charge < -0.3 is 9.88 Å². The summed E-state index contributed by atoms with van der Waals surface area (Å²) in [6, 6.07) is 8.46. The Labute approximate surface area is 132 Å². The van der Waals surface area contributed by atoms with E-state index in [1.54, 1.807) is 0 Å². The average Bonchev–Trinajstić information content (AvgIpc) is 2.92. The van der Waals surface area contributed by atoms with E-state index in [4.69, 9.17) is 0 Å². The van der Waals surface area contributed by atoms with Crippen molar-refractivity contribution >= 4 is 16.8 Å². The fourth-order valence-electron chi connectivity index (χ4n) is 3.71. The maximum absolute atomic E-state index is 12.9. The summed E-state index contributed by atoms with van der Waals surface area (Å²) in [5.74, 6) is 0.518. The second-order valence-electron chi connectivity index (χ2n) is 6.39. The molecule has 1 N–H and O–H groups in total. The van der Waals surface area contributed by atoms with Crippen molar-refractivity contribution in [1.29, 1.82) is 0 Å². The number of rotatable bonds is 5. The summed E-state index contributed by atoms with van der Waals surface area (Å²) in [7, 11) is 0. The topological polar surface area (TPSA) is 36.1 Å². The van der Waals surface area contributed by atoms with Crippen LogP contribution in [0.3, 0.4) is 0 Å². The van der Waals surface area contributed by atoms with E-state index >= 15 is 0 Å². The van der Waals surface area contributed by atoms with Crippen molar-refractivity contribution in [3.63, 3.8) is 0 Å². The molecule has 1 amide bonds. The molecule has 3 nitrogen and oxygen atoms in total. The lowest BCUT2D eigenvalue weighted by Gasteiger charge is -2.29. The van der Waals surface area contributed by atoms with E-state index in [0.29, 0.717) is 5.91 Å². The molecule has 3 rings (SSSR count). The number of nitrogens with zero attached hydrogens (tertiary/aromatic N) is 1. The van der Waals surface area contributed by atoms with E-state index in [2.05, 4.69) is 48.0 Å². The van der Waals surface area contributed by atoms with Crippen LogP contribution in [0.1, 0.15) is 44.4 Å². The second kappa shape index (κ2) is 6.55. The number of carbonyl (C=O) groups excluding carboxylic acids is 1. The smallest absolute Gasteiger partial charge is 0.226 e. The van der Waals surface area contributed by atoms with Gasteiger partial charge in [0.2, 0.25) is 5.91 Å². The fourth-order valence-corrected chi connectivity index (χ4v) is 3.71. The number of carbonyl (C=O) groups is 1. The number of nitrogens with one attached hydrogen (secondary N) is 1. The van der Waals surface area contributed by atoms with Gasteiger partial charge in [-0.1, -0.05) is 32.0 Å². The maximum Gasteiger partial charge on any atom is 0.226 e. The predicted octanol–water partition coefficient (Wildman–Crippen LogP) is 3.92. The van der Waals surface area contributed by atoms with Gasteiger partial charge in [0, 0.05) is 35.6 Å². The highest BCUT2D eigenvalue weighted by atomic mass is 16.2. The van der Waals surface area contributed by atoms with Crippen LogP contribution < -0.4 is 0 Å². The van der Waals surface area contributed by atoms with Crippen molar-refractivity contribution in [3.05, 3.63) is 35.5 Å². The number of aromatic nitrogens is 1. The third kappa shape index (κ3) is 2.77. The Morgan fingerprint density at radius 1 is 1.23 bits per heavy atom. The Kier molecular flexibility index (Phi) is 4.51. The van der Waals surface area contributed by atoms with Crippen LogP contribution in [0.15, 0.2) is 24.3 Å². The van der Waals surface area contributed by atoms with E-state index in [1.165, 1.54) is 22.2 Å². The molecule has 0 radical (unpaired) electrons. The number of hydrogen-bond acceptors (Lipinski definition) is 1. The molecule has 1 atom stereocenters. The van der Waals surface area contributed by atoms with Crippen LogP contribution in [0.4, 0.5) is 0 Å². The summed E-state index contributed by atoms with van der Waals surface area (Å²) >= 11 is 0. The van der Waals surface area contributed by atoms with E-state index in [1.807, 2.05) is 0 Å². The molecule has 118 valence electrons. The Bertz CT molecular complexity index is 652. The molecule has 1 heterocycles. The second-order valence-corrected chi connectivity index (χ2v) is 6.39. The number of para-hydroxylation sites is 1. The molecule has 1 aliphatic rings. The van der Waals surface area contributed by atoms with Crippen molar-refractivity contribution < 1.29 is 4.79 Å². The summed E-state index contributed by atoms with van der Waals surface area (Å²) in [6.07, 6.45) is 4.94. The van der Waals surface area contributed by atoms with Crippen LogP contribution in [0.25, 0.3) is 10.9 Å². The highest BCUT2D eigenvalue weighted by Gasteiger charge is 2.29. The van der Waals surface area contributed by atoms with Crippen molar-refractivity contribution in [2.75, 3.05) is 13.1 Å². The predicted molar refractivity (Wildman–Crippen MR) is 91.0 cm³/mol. The number of fused-ring (bicyclic) bond motifs is 3. The van der Waals surface area contributed by atoms with Gasteiger partial charge in [-0.15, -0.1) is 0 Å². The fraction of sp³-hybridized carbons (Fsp3) is 0.526. The van der Waals surface area contributed by atoms with Crippen LogP contribution >= 0.6 is 0 Å². The molecule has 0 aliphatic heterocycles. The zero-order valence-electron chi connectivity index (χ0n) is 13.7. The molecule has 1 aromatic heterocycles. The zero-order valence-corrected chi connectivity index (χ0v) is 13.7. The molecular weight excluding hydrogens is 272 g/mol. The molecule has 2 aromatic rings. The SMILES string of the molecule is CCCN(CCC)C(=O)C1CCc2[nH]c3ccccc3c2C1. The van der Waals surface area contributed by atoms with E-state index in [9.17, 15) is 4.79 Å². The monoisotopic (exact) mass is 298 g/mol. The zero-order chi connectivity index (χ0) is 15.5. The van der Waals surface area contributed by atoms with E-state index < -0.39 is 0 Å². The number of amides is 1. The lowest BCUT2D eigenvalue weighted by molar-refractivity contribution is -0.136. The third-order valence-electron chi connectivity index (χ3n) is 4.74. The van der Waals surface area contributed by atoms with Crippen LogP contribution in [0.2, 0.25) is 0 Å². The molecule has 1 unspecified atom stereocenters. The number of hydrogen-bond donors (Lipinski definition) is 1. The van der Waals surface area contributed by atoms with Crippen LogP contribution in [-0.2, 0) is 17.6 Å². The summed E-state index contributed by atoms with van der Waals surface area (Å²) < 4.78 is 0. The minimum atomic E-state index is 0.157. The normalized spacial score (nSPS) is 17.5. The van der Waals surface area contributed by atoms with Crippen molar-refractivity contribution in [2.24, 2.45) is 5.92 Å². The van der Waals surface area contributed by atoms with Gasteiger partial charge in [-0.3, -0.25) is 4.79 Å². The number of benzene rings is 1. The molecule has 0 fully saturated rings. The van der Waals surface area contributed by atoms with Gasteiger partial charge in [-0.05, 0) is 43.7 Å². The number of H-pyrrole nitrogens is 1. The van der Waals surface area contributed by atoms with E-state index in [0.717, 1.165) is 45.2 Å². The third-order valence-corrected chi connectivity index (χ3v) is 4.74. The molecule has 0 bridgehead atoms. The Morgan fingerprint density at radius 2 is 1.95 bits per heavy atom. The number of aryl methyl sites for hydroxylation is 1. The standard InChI is InChI=1S/C19H26N2O/c1-3-11-21(12-4-2)19(22)14-9-10-18-16(13-14)15-7-5-6-8-17(15)20-18/h5-8,14,20H,3-4,9-13H2,1-2H3. The minimum absolute atomic E-state index is 0.157. The lowest BCUT2D eigenvalue weighted by Crippen LogP contribution is -2.39. The largest absolute Gasteiger partial charge is 0.358 e. The summed E-state index contributed by atoms with van der Waals surface area (Å²) in [6.45, 7) is 6.08. The van der Waals surface area contributed by atoms with Gasteiger partial charge in [0.1, 0.15) is 0 Å². The Morgan fingerprint density at radius 3 is 2.68 bits per heavy atom. The van der Waals surface area contributed by atoms with E-state index in [-0.39, 0.29) is 5.92 Å². The molecule has 3 heteroatoms. The molecule has 0 spiro atoms. The summed E-state index contributed by atoms with van der Waals surface area (Å²) in [4.78, 5) is 18.5. The maximum atomic E-state index is 12.9. The molecule has 1 aromatic carbocycles. The van der Waals surface area contributed by atoms with Gasteiger partial charge in [0.15, 0.2) is 0 Å². The van der Waals surface area contributed by atoms with Crippen LogP contribution in [-0.4, -0.2) is 28.9 Å². The quantitative estimate of drug-likeness (QED) is 0.892. The summed E-state index contributed by atoms with van der Waals surface area (Å²) in [5, 5.41) is 1.30. The van der Waals surface area contributed by atoms with Crippen molar-refractivity contribution in [2.45, 2.75) is 46.0 Å². The first-order valence-electron chi connectivity index (χ1n) is 8.61. The first-order valence-corrected chi connectivity index (χ1v) is 8.61. The minimum Gasteiger partial charge on any atom is -0.358 e. The van der Waals surface area contributed by atoms with Crippen LogP contribution in [0, 0.1) is 5.92 Å². The lowest BCUT2D eigenvalue weighted by atomic mass is 9.85. The average molecular weight is 298 g/mol. The highest BCUT2D eigenvalue weighted by molar-refractivity contribution is 5.87. The first kappa shape index (κ1) is 15.1. The molecular formula is C19H26N2O. The van der Waals surface area contributed by atoms with Crippen molar-refractivity contribution in [3.8, 4) is 0 Å². The molecule has 22 heavy (non-hydrogen) atoms. The van der Waals surface area contributed by atoms with Crippen molar-refractivity contribution in [1.82, 2.24) is 9.88 Å². The highest BCUT2D eigenvalue weighted by Crippen LogP contribution is 2.32. The van der Waals surface area contributed by atoms with Gasteiger partial charge in [-0.25, -0.2) is 0 Å². The Balaban J connectivity index is 1.82. The Hall–Kier alpha value is -1.77. The van der Waals surface area contributed by atoms with Gasteiger partial charge in [0.05, 0.1) is 0 Å². The van der Waals surface area contributed by atoms with Gasteiger partial charge in [-0.2, -0.15) is 0 Å². The molecule has 0 saturated heterocycles. The van der Waals surface area contributed by atoms with Gasteiger partial charge in [0.25, 0.3) is 0 Å². The molecule has 0 saturated carbocycles. The number of aromatic amines is 1. The molecule has 1 aliphatic carbocycles. The first-order chi connectivity index (χ1) is 10.7. The summed E-state index contributed by atoms with van der Waals surface area (Å²) in [5.41, 5.74) is 3.91. The van der Waals surface area contributed by atoms with Crippen LogP contribution in [0.5, 0.6) is 0 Å².